The summed E-state index contributed by atoms with van der Waals surface area (Å²) < 4.78 is 42.1. The zero-order valence-electron chi connectivity index (χ0n) is 8.27. The van der Waals surface area contributed by atoms with Crippen molar-refractivity contribution in [3.05, 3.63) is 33.8 Å². The highest BCUT2D eigenvalue weighted by molar-refractivity contribution is 9.10. The lowest BCUT2D eigenvalue weighted by molar-refractivity contribution is -0.137. The minimum absolute atomic E-state index is 0.0309. The van der Waals surface area contributed by atoms with Crippen LogP contribution in [0.5, 0.6) is 0 Å². The molecule has 6 heteroatoms. The molecule has 0 saturated heterocycles. The van der Waals surface area contributed by atoms with Crippen molar-refractivity contribution >= 4 is 21.7 Å². The van der Waals surface area contributed by atoms with Crippen LogP contribution in [0.15, 0.2) is 22.7 Å². The number of hydrogen-bond donors (Lipinski definition) is 0. The molecule has 1 aromatic rings. The molecule has 0 unspecified atom stereocenters. The van der Waals surface area contributed by atoms with Crippen molar-refractivity contribution < 1.29 is 22.7 Å². The van der Waals surface area contributed by atoms with Crippen LogP contribution < -0.4 is 0 Å². The quantitative estimate of drug-likeness (QED) is 0.800. The molecule has 2 nitrogen and oxygen atoms in total. The van der Waals surface area contributed by atoms with E-state index < -0.39 is 17.5 Å². The van der Waals surface area contributed by atoms with E-state index in [4.69, 9.17) is 0 Å². The van der Waals surface area contributed by atoms with Crippen molar-refractivity contribution in [2.24, 2.45) is 0 Å². The molecule has 1 rings (SSSR count). The molecule has 1 aromatic carbocycles. The zero-order valence-corrected chi connectivity index (χ0v) is 9.85. The molecule has 0 atom stereocenters. The Balaban J connectivity index is 3.14. The monoisotopic (exact) mass is 296 g/mol. The Morgan fingerprint density at radius 2 is 2.06 bits per heavy atom. The van der Waals surface area contributed by atoms with Gasteiger partial charge in [0.25, 0.3) is 0 Å². The van der Waals surface area contributed by atoms with E-state index in [1.54, 1.807) is 0 Å². The van der Waals surface area contributed by atoms with E-state index in [9.17, 15) is 18.0 Å². The number of hydrogen-bond acceptors (Lipinski definition) is 2. The van der Waals surface area contributed by atoms with Gasteiger partial charge < -0.3 is 4.74 Å². The summed E-state index contributed by atoms with van der Waals surface area (Å²) in [5.41, 5.74) is -0.883. The highest BCUT2D eigenvalue weighted by Gasteiger charge is 2.31. The van der Waals surface area contributed by atoms with Gasteiger partial charge in [-0.25, -0.2) is 0 Å². The zero-order chi connectivity index (χ0) is 12.3. The minimum atomic E-state index is -4.46. The van der Waals surface area contributed by atoms with Gasteiger partial charge in [0.05, 0.1) is 5.56 Å². The van der Waals surface area contributed by atoms with Crippen LogP contribution >= 0.6 is 15.9 Å². The van der Waals surface area contributed by atoms with Gasteiger partial charge in [-0.05, 0) is 18.2 Å². The van der Waals surface area contributed by atoms with Crippen molar-refractivity contribution in [1.82, 2.24) is 0 Å². The van der Waals surface area contributed by atoms with Crippen LogP contribution in [0.4, 0.5) is 13.2 Å². The van der Waals surface area contributed by atoms with Crippen molar-refractivity contribution in [1.29, 1.82) is 0 Å². The number of ketones is 1. The van der Waals surface area contributed by atoms with Crippen molar-refractivity contribution in [2.75, 3.05) is 13.7 Å². The third-order valence-electron chi connectivity index (χ3n) is 1.87. The first-order chi connectivity index (χ1) is 7.36. The molecule has 0 bridgehead atoms. The summed E-state index contributed by atoms with van der Waals surface area (Å²) in [4.78, 5) is 11.4. The summed E-state index contributed by atoms with van der Waals surface area (Å²) in [5, 5.41) is 0. The largest absolute Gasteiger partial charge is 0.416 e. The summed E-state index contributed by atoms with van der Waals surface area (Å²) in [6, 6.07) is 2.92. The molecular weight excluding hydrogens is 289 g/mol. The molecule has 0 radical (unpaired) electrons. The number of halogens is 4. The van der Waals surface area contributed by atoms with Crippen molar-refractivity contribution in [3.63, 3.8) is 0 Å². The molecule has 0 aliphatic carbocycles. The second kappa shape index (κ2) is 4.97. The van der Waals surface area contributed by atoms with Gasteiger partial charge >= 0.3 is 6.18 Å². The summed E-state index contributed by atoms with van der Waals surface area (Å²) in [6.45, 7) is -0.250. The van der Waals surface area contributed by atoms with Gasteiger partial charge in [-0.15, -0.1) is 0 Å². The number of ether oxygens (including phenoxy) is 1. The Kier molecular flexibility index (Phi) is 4.09. The topological polar surface area (TPSA) is 26.3 Å². The molecule has 0 aromatic heterocycles. The predicted octanol–water partition coefficient (Wildman–Crippen LogP) is 3.30. The van der Waals surface area contributed by atoms with Crippen LogP contribution in [-0.4, -0.2) is 19.5 Å². The number of benzene rings is 1. The van der Waals surface area contributed by atoms with Crippen molar-refractivity contribution in [2.45, 2.75) is 6.18 Å². The van der Waals surface area contributed by atoms with E-state index in [2.05, 4.69) is 20.7 Å². The third kappa shape index (κ3) is 3.05. The fourth-order valence-electron chi connectivity index (χ4n) is 1.12. The molecule has 0 aliphatic rings. The van der Waals surface area contributed by atoms with E-state index in [1.807, 2.05) is 0 Å². The van der Waals surface area contributed by atoms with Gasteiger partial charge in [0.15, 0.2) is 5.78 Å². The van der Waals surface area contributed by atoms with Gasteiger partial charge in [-0.1, -0.05) is 15.9 Å². The summed E-state index contributed by atoms with van der Waals surface area (Å²) in [5.74, 6) is -0.500. The van der Waals surface area contributed by atoms with Crippen molar-refractivity contribution in [3.8, 4) is 0 Å². The standard InChI is InChI=1S/C10H8BrF3O2/c1-16-5-9(15)7-4-6(10(12,13)14)2-3-8(7)11/h2-4H,5H2,1H3. The Hall–Kier alpha value is -0.880. The smallest absolute Gasteiger partial charge is 0.377 e. The first kappa shape index (κ1) is 13.2. The van der Waals surface area contributed by atoms with E-state index in [0.29, 0.717) is 4.47 Å². The number of carbonyl (C=O) groups excluding carboxylic acids is 1. The Bertz CT molecular complexity index is 402. The van der Waals surface area contributed by atoms with Crippen LogP contribution in [0.25, 0.3) is 0 Å². The fraction of sp³-hybridized carbons (Fsp3) is 0.300. The molecule has 0 spiro atoms. The van der Waals surface area contributed by atoms with E-state index in [0.717, 1.165) is 12.1 Å². The first-order valence-corrected chi connectivity index (χ1v) is 5.04. The summed E-state index contributed by atoms with van der Waals surface area (Å²) >= 11 is 3.02. The van der Waals surface area contributed by atoms with Gasteiger partial charge in [-0.3, -0.25) is 4.79 Å². The molecule has 0 heterocycles. The Labute approximate surface area is 98.5 Å². The van der Waals surface area contributed by atoms with E-state index in [-0.39, 0.29) is 12.2 Å². The maximum Gasteiger partial charge on any atom is 0.416 e. The average Bonchev–Trinajstić information content (AvgIpc) is 2.16. The van der Waals surface area contributed by atoms with Crippen LogP contribution in [0, 0.1) is 0 Å². The number of methoxy groups -OCH3 is 1. The lowest BCUT2D eigenvalue weighted by Gasteiger charge is -2.09. The lowest BCUT2D eigenvalue weighted by Crippen LogP contribution is -2.11. The molecule has 88 valence electrons. The SMILES string of the molecule is COCC(=O)c1cc(C(F)(F)F)ccc1Br. The molecule has 0 amide bonds. The van der Waals surface area contributed by atoms with Gasteiger partial charge in [0.1, 0.15) is 6.61 Å². The van der Waals surface area contributed by atoms with E-state index >= 15 is 0 Å². The Morgan fingerprint density at radius 3 is 2.56 bits per heavy atom. The van der Waals surface area contributed by atoms with Crippen LogP contribution in [0.3, 0.4) is 0 Å². The number of rotatable bonds is 3. The minimum Gasteiger partial charge on any atom is -0.377 e. The lowest BCUT2D eigenvalue weighted by atomic mass is 10.1. The average molecular weight is 297 g/mol. The van der Waals surface area contributed by atoms with Gasteiger partial charge in [0, 0.05) is 17.1 Å². The highest BCUT2D eigenvalue weighted by Crippen LogP contribution is 2.31. The van der Waals surface area contributed by atoms with E-state index in [1.165, 1.54) is 13.2 Å². The van der Waals surface area contributed by atoms with Crippen LogP contribution in [-0.2, 0) is 10.9 Å². The molecular formula is C10H8BrF3O2. The summed E-state index contributed by atoms with van der Waals surface area (Å²) in [6.07, 6.45) is -4.46. The molecule has 0 fully saturated rings. The Morgan fingerprint density at radius 1 is 1.44 bits per heavy atom. The second-order valence-electron chi connectivity index (χ2n) is 3.05. The number of carbonyl (C=O) groups is 1. The first-order valence-electron chi connectivity index (χ1n) is 4.25. The van der Waals surface area contributed by atoms with Crippen LogP contribution in [0.2, 0.25) is 0 Å². The predicted molar refractivity (Wildman–Crippen MR) is 55.4 cm³/mol. The molecule has 16 heavy (non-hydrogen) atoms. The molecule has 0 aliphatic heterocycles. The van der Waals surface area contributed by atoms with Crippen LogP contribution in [0.1, 0.15) is 15.9 Å². The van der Waals surface area contributed by atoms with Gasteiger partial charge in [-0.2, -0.15) is 13.2 Å². The maximum absolute atomic E-state index is 12.4. The fourth-order valence-corrected chi connectivity index (χ4v) is 1.59. The number of alkyl halides is 3. The molecule has 0 N–H and O–H groups in total. The molecule has 0 saturated carbocycles. The highest BCUT2D eigenvalue weighted by atomic mass is 79.9. The maximum atomic E-state index is 12.4. The summed E-state index contributed by atoms with van der Waals surface area (Å²) in [7, 11) is 1.30. The van der Waals surface area contributed by atoms with Gasteiger partial charge in [0.2, 0.25) is 0 Å². The number of Topliss-reactive ketones (excluding diaryl/α,β-unsaturated/α-hetero) is 1. The second-order valence-corrected chi connectivity index (χ2v) is 3.90. The normalized spacial score (nSPS) is 11.6. The third-order valence-corrected chi connectivity index (χ3v) is 2.56.